The van der Waals surface area contributed by atoms with Gasteiger partial charge in [0.1, 0.15) is 5.82 Å². The van der Waals surface area contributed by atoms with Crippen LogP contribution >= 0.6 is 0 Å². The van der Waals surface area contributed by atoms with Crippen molar-refractivity contribution in [3.05, 3.63) is 78.4 Å². The molecule has 0 fully saturated rings. The van der Waals surface area contributed by atoms with Crippen LogP contribution in [-0.4, -0.2) is 14.7 Å². The van der Waals surface area contributed by atoms with Crippen LogP contribution in [-0.2, 0) is 23.6 Å². The van der Waals surface area contributed by atoms with E-state index in [-0.39, 0.29) is 17.1 Å². The van der Waals surface area contributed by atoms with Crippen LogP contribution < -0.4 is 0 Å². The number of rotatable bonds is 4. The fraction of sp³-hybridized carbons (Fsp3) is 0.235. The van der Waals surface area contributed by atoms with Crippen LogP contribution in [0.15, 0.2) is 67.0 Å². The van der Waals surface area contributed by atoms with E-state index in [0.717, 1.165) is 24.4 Å². The van der Waals surface area contributed by atoms with Gasteiger partial charge in [-0.25, -0.2) is 17.1 Å². The van der Waals surface area contributed by atoms with E-state index in [1.54, 1.807) is 6.20 Å². The Hall–Kier alpha value is -1.61. The largest absolute Gasteiger partial charge is 0.747 e. The molecule has 0 aliphatic rings. The van der Waals surface area contributed by atoms with Crippen LogP contribution in [0.5, 0.6) is 0 Å². The topological polar surface area (TPSA) is 38.0 Å². The summed E-state index contributed by atoms with van der Waals surface area (Å²) in [6.45, 7) is 3.01. The standard InChI is InChI=1S/C12H15N2O.C5H5.Fe/c1-2-8-14-9-7-13-12(14)11(15)10-5-3-4-6-10;1-2-4-5-3-1;/h3-7,9,11,15H,2,8H2,1H3;1-5H;/q-5;-1;. The molecule has 0 bridgehead atoms. The van der Waals surface area contributed by atoms with Gasteiger partial charge in [-0.3, -0.25) is 0 Å². The monoisotopic (exact) mass is 324 g/mol. The summed E-state index contributed by atoms with van der Waals surface area (Å²) < 4.78 is 2.00. The molecular weight excluding hydrogens is 304 g/mol. The molecule has 0 radical (unpaired) electrons. The summed E-state index contributed by atoms with van der Waals surface area (Å²) in [6, 6.07) is 17.7. The Kier molecular flexibility index (Phi) is 7.76. The number of hydrogen-bond donors (Lipinski definition) is 1. The molecule has 1 N–H and O–H groups in total. The molecule has 0 aliphatic carbocycles. The molecule has 0 saturated heterocycles. The molecule has 0 saturated carbocycles. The summed E-state index contributed by atoms with van der Waals surface area (Å²) in [4.78, 5) is 4.20. The summed E-state index contributed by atoms with van der Waals surface area (Å²) in [5.74, 6) is 0.725. The van der Waals surface area contributed by atoms with Crippen molar-refractivity contribution >= 4 is 0 Å². The molecule has 4 heteroatoms. The molecule has 0 spiro atoms. The normalized spacial score (nSPS) is 11.1. The van der Waals surface area contributed by atoms with Gasteiger partial charge in [0.25, 0.3) is 0 Å². The fourth-order valence-corrected chi connectivity index (χ4v) is 2.04. The maximum absolute atomic E-state index is 10.1. The minimum atomic E-state index is -0.610. The second kappa shape index (κ2) is 9.35. The predicted molar refractivity (Wildman–Crippen MR) is 80.6 cm³/mol. The smallest absolute Gasteiger partial charge is 0.104 e. The minimum Gasteiger partial charge on any atom is -0.747 e. The number of aryl methyl sites for hydroxylation is 1. The van der Waals surface area contributed by atoms with Gasteiger partial charge in [0.2, 0.25) is 0 Å². The van der Waals surface area contributed by atoms with E-state index in [1.165, 1.54) is 0 Å². The zero-order chi connectivity index (χ0) is 14.2. The van der Waals surface area contributed by atoms with E-state index in [9.17, 15) is 5.11 Å². The molecular formula is C17H20FeN2O-6. The first-order valence-corrected chi connectivity index (χ1v) is 6.90. The van der Waals surface area contributed by atoms with Gasteiger partial charge in [-0.15, -0.1) is 0 Å². The Bertz CT molecular complexity index is 553. The predicted octanol–water partition coefficient (Wildman–Crippen LogP) is 3.50. The Balaban J connectivity index is 0.000000313. The molecule has 2 aromatic carbocycles. The van der Waals surface area contributed by atoms with Crippen molar-refractivity contribution in [2.24, 2.45) is 0 Å². The molecule has 1 aromatic heterocycles. The van der Waals surface area contributed by atoms with Crippen molar-refractivity contribution in [2.45, 2.75) is 26.0 Å². The van der Waals surface area contributed by atoms with Gasteiger partial charge in [0.05, 0.1) is 0 Å². The van der Waals surface area contributed by atoms with E-state index in [1.807, 2.05) is 65.4 Å². The van der Waals surface area contributed by atoms with E-state index >= 15 is 0 Å². The first kappa shape index (κ1) is 17.4. The van der Waals surface area contributed by atoms with Crippen LogP contribution in [0.25, 0.3) is 0 Å². The summed E-state index contributed by atoms with van der Waals surface area (Å²) in [6.07, 6.45) is 4.07. The third-order valence-corrected chi connectivity index (χ3v) is 3.02. The van der Waals surface area contributed by atoms with Crippen LogP contribution in [0.3, 0.4) is 0 Å². The van der Waals surface area contributed by atoms with Crippen molar-refractivity contribution in [2.75, 3.05) is 0 Å². The number of nitrogens with zero attached hydrogens (tertiary/aromatic N) is 2. The summed E-state index contributed by atoms with van der Waals surface area (Å²) >= 11 is 0. The van der Waals surface area contributed by atoms with Gasteiger partial charge in [-0.1, -0.05) is 6.92 Å². The molecule has 0 amide bonds. The Labute approximate surface area is 136 Å². The van der Waals surface area contributed by atoms with Crippen LogP contribution in [0.4, 0.5) is 0 Å². The molecule has 3 aromatic rings. The SMILES string of the molecule is CCCn1ccnc1C(O)[c-]1[cH-][cH-][cH-][cH-]1.[Fe].c1cc[cH-]c1. The molecule has 21 heavy (non-hydrogen) atoms. The number of aromatic nitrogens is 2. The van der Waals surface area contributed by atoms with Crippen molar-refractivity contribution in [1.29, 1.82) is 0 Å². The van der Waals surface area contributed by atoms with Gasteiger partial charge in [-0.05, 0) is 12.5 Å². The van der Waals surface area contributed by atoms with E-state index in [0.29, 0.717) is 0 Å². The average molecular weight is 324 g/mol. The number of hydrogen-bond acceptors (Lipinski definition) is 2. The fourth-order valence-electron chi connectivity index (χ4n) is 2.04. The molecule has 118 valence electrons. The van der Waals surface area contributed by atoms with Crippen molar-refractivity contribution in [1.82, 2.24) is 9.55 Å². The third-order valence-electron chi connectivity index (χ3n) is 3.02. The first-order valence-electron chi connectivity index (χ1n) is 6.90. The Morgan fingerprint density at radius 3 is 2.48 bits per heavy atom. The van der Waals surface area contributed by atoms with Crippen LogP contribution in [0.1, 0.15) is 30.8 Å². The quantitative estimate of drug-likeness (QED) is 0.589. The first-order chi connectivity index (χ1) is 9.83. The number of aliphatic hydroxyl groups is 1. The molecule has 1 unspecified atom stereocenters. The summed E-state index contributed by atoms with van der Waals surface area (Å²) in [5, 5.41) is 10.1. The summed E-state index contributed by atoms with van der Waals surface area (Å²) in [5.41, 5.74) is 0.901. The Morgan fingerprint density at radius 1 is 1.29 bits per heavy atom. The minimum absolute atomic E-state index is 0. The zero-order valence-electron chi connectivity index (χ0n) is 12.0. The van der Waals surface area contributed by atoms with Crippen LogP contribution in [0.2, 0.25) is 0 Å². The van der Waals surface area contributed by atoms with Crippen molar-refractivity contribution in [3.63, 3.8) is 0 Å². The third kappa shape index (κ3) is 5.01. The maximum Gasteiger partial charge on any atom is 0.104 e. The van der Waals surface area contributed by atoms with E-state index < -0.39 is 6.10 Å². The van der Waals surface area contributed by atoms with E-state index in [2.05, 4.69) is 11.9 Å². The Morgan fingerprint density at radius 2 is 1.95 bits per heavy atom. The summed E-state index contributed by atoms with van der Waals surface area (Å²) in [7, 11) is 0. The van der Waals surface area contributed by atoms with E-state index in [4.69, 9.17) is 0 Å². The second-order valence-electron chi connectivity index (χ2n) is 4.56. The molecule has 0 aliphatic heterocycles. The second-order valence-corrected chi connectivity index (χ2v) is 4.56. The molecule has 3 rings (SSSR count). The van der Waals surface area contributed by atoms with Crippen molar-refractivity contribution < 1.29 is 22.2 Å². The average Bonchev–Trinajstić information content (AvgIpc) is 3.22. The van der Waals surface area contributed by atoms with Crippen LogP contribution in [0, 0.1) is 0 Å². The molecule has 3 nitrogen and oxygen atoms in total. The van der Waals surface area contributed by atoms with Gasteiger partial charge in [0, 0.05) is 36.0 Å². The number of aliphatic hydroxyl groups excluding tert-OH is 1. The van der Waals surface area contributed by atoms with Gasteiger partial charge in [0.15, 0.2) is 0 Å². The van der Waals surface area contributed by atoms with Crippen molar-refractivity contribution in [3.8, 4) is 0 Å². The zero-order valence-corrected chi connectivity index (χ0v) is 13.1. The molecule has 1 atom stereocenters. The maximum atomic E-state index is 10.1. The molecule has 1 heterocycles. The van der Waals surface area contributed by atoms with Gasteiger partial charge < -0.3 is 39.5 Å². The van der Waals surface area contributed by atoms with Gasteiger partial charge in [-0.2, -0.15) is 18.2 Å². The number of imidazole rings is 1. The van der Waals surface area contributed by atoms with Gasteiger partial charge >= 0.3 is 0 Å².